The molecule has 0 aromatic rings. The van der Waals surface area contributed by atoms with Crippen LogP contribution in [0.3, 0.4) is 0 Å². The molecule has 1 saturated heterocycles. The van der Waals surface area contributed by atoms with Crippen LogP contribution in [-0.2, 0) is 66.0 Å². The molecule has 3 aliphatic carbocycles. The van der Waals surface area contributed by atoms with E-state index in [0.29, 0.717) is 23.7 Å². The van der Waals surface area contributed by atoms with Crippen LogP contribution in [0.1, 0.15) is 164 Å². The average molecular weight is 1090 g/mol. The van der Waals surface area contributed by atoms with E-state index in [-0.39, 0.29) is 54.7 Å². The Morgan fingerprint density at radius 3 is 1.95 bits per heavy atom. The van der Waals surface area contributed by atoms with Gasteiger partial charge in [0, 0.05) is 32.1 Å². The summed E-state index contributed by atoms with van der Waals surface area (Å²) in [7, 11) is -5.67. The summed E-state index contributed by atoms with van der Waals surface area (Å²) in [6.45, 7) is 36.3. The summed E-state index contributed by atoms with van der Waals surface area (Å²) in [5.41, 5.74) is -9.12. The molecule has 0 aromatic carbocycles. The van der Waals surface area contributed by atoms with Gasteiger partial charge in [0.2, 0.25) is 8.32 Å². The molecule has 2 N–H and O–H groups in total. The van der Waals surface area contributed by atoms with Gasteiger partial charge in [0.1, 0.15) is 29.5 Å². The van der Waals surface area contributed by atoms with Crippen LogP contribution >= 0.6 is 0 Å². The van der Waals surface area contributed by atoms with Crippen molar-refractivity contribution >= 4 is 52.4 Å². The second-order valence-corrected chi connectivity index (χ2v) is 35.4. The molecule has 5 aliphatic rings. The number of ketones is 1. The Morgan fingerprint density at radius 2 is 1.45 bits per heavy atom. The smallest absolute Gasteiger partial charge is 0.407 e. The largest absolute Gasteiger partial charge is 0.459 e. The van der Waals surface area contributed by atoms with Crippen LogP contribution in [0.2, 0.25) is 34.8 Å². The first kappa shape index (κ1) is 62.4. The number of Topliss-reactive ketones (excluding diaryl/α,β-unsaturated/α-hetero) is 1. The highest BCUT2D eigenvalue weighted by molar-refractivity contribution is 6.77. The molecule has 3 fully saturated rings. The number of amides is 1. The molecule has 1 amide bonds. The number of fused-ring (bicyclic) bond motifs is 6. The third kappa shape index (κ3) is 11.8. The minimum Gasteiger partial charge on any atom is -0.459 e. The molecule has 0 aromatic heterocycles. The summed E-state index contributed by atoms with van der Waals surface area (Å²) in [4.78, 5) is 88.3. The van der Waals surface area contributed by atoms with Gasteiger partial charge in [-0.25, -0.2) is 9.59 Å². The van der Waals surface area contributed by atoms with Gasteiger partial charge in [-0.1, -0.05) is 88.3 Å². The first-order valence-electron chi connectivity index (χ1n) is 27.5. The molecule has 75 heavy (non-hydrogen) atoms. The number of aliphatic hydroxyl groups is 1. The van der Waals surface area contributed by atoms with Crippen molar-refractivity contribution in [1.82, 2.24) is 5.32 Å². The lowest BCUT2D eigenvalue weighted by molar-refractivity contribution is -0.346. The zero-order valence-electron chi connectivity index (χ0n) is 48.9. The second kappa shape index (κ2) is 22.7. The van der Waals surface area contributed by atoms with Gasteiger partial charge in [-0.3, -0.25) is 19.2 Å². The van der Waals surface area contributed by atoms with Crippen LogP contribution in [0.5, 0.6) is 0 Å². The third-order valence-electron chi connectivity index (χ3n) is 17.8. The van der Waals surface area contributed by atoms with E-state index in [4.69, 9.17) is 42.0 Å². The zero-order valence-corrected chi connectivity index (χ0v) is 50.9. The Hall–Kier alpha value is -3.47. The minimum absolute atomic E-state index is 0.00524. The lowest BCUT2D eigenvalue weighted by Crippen LogP contribution is -2.82. The molecule has 426 valence electrons. The summed E-state index contributed by atoms with van der Waals surface area (Å²) in [6, 6.07) is 1.02. The van der Waals surface area contributed by atoms with E-state index in [2.05, 4.69) is 67.6 Å². The van der Waals surface area contributed by atoms with Gasteiger partial charge >= 0.3 is 30.0 Å². The van der Waals surface area contributed by atoms with E-state index in [1.165, 1.54) is 13.8 Å². The monoisotopic (exact) mass is 1090 g/mol. The van der Waals surface area contributed by atoms with Crippen LogP contribution in [-0.4, -0.2) is 136 Å². The Balaban J connectivity index is 1.92. The fourth-order valence-electron chi connectivity index (χ4n) is 13.7. The fourth-order valence-corrected chi connectivity index (χ4v) is 22.2. The molecule has 17 nitrogen and oxygen atoms in total. The van der Waals surface area contributed by atoms with Gasteiger partial charge in [0.25, 0.3) is 0 Å². The first-order valence-corrected chi connectivity index (χ1v) is 32.2. The fraction of sp³-hybridized carbons (Fsp3) is 0.821. The Morgan fingerprint density at radius 1 is 0.867 bits per heavy atom. The molecule has 2 saturated carbocycles. The number of alkyl carbamates (subject to hydrolysis) is 1. The summed E-state index contributed by atoms with van der Waals surface area (Å²) >= 11 is 0. The summed E-state index contributed by atoms with van der Waals surface area (Å²) in [6.07, 6.45) is -6.01. The Labute approximate surface area is 449 Å². The number of rotatable bonds is 13. The van der Waals surface area contributed by atoms with E-state index in [0.717, 1.165) is 0 Å². The first-order chi connectivity index (χ1) is 34.5. The molecular weight excluding hydrogens is 999 g/mol. The number of carbonyl (C=O) groups is 6. The number of ether oxygens (including phenoxy) is 7. The molecule has 3 bridgehead atoms. The van der Waals surface area contributed by atoms with Crippen molar-refractivity contribution in [3.05, 3.63) is 23.3 Å². The van der Waals surface area contributed by atoms with E-state index in [1.54, 1.807) is 74.5 Å². The van der Waals surface area contributed by atoms with Crippen LogP contribution in [0.25, 0.3) is 0 Å². The SMILES string of the molecule is CC[Si](CC)(CC)O[C@H]1C[C@H]2OC[C@@]2(OC(C)=O)[C@H]2[C@@H]3OC(=O)CC(C)(C)OC/C=C/CC(NC(=O)OC(C)(C)C)[C@@H](O[Si](C(C)C)(C(C)C)C(C)C)C(=O)O[C@H]4C[C@]3(O)C(C)(C)C(=C4C)[C@@H](OC(C)=O)C(=O)[C@]12C. The number of nitrogens with one attached hydrogen (secondary N) is 1. The molecule has 0 spiro atoms. The lowest BCUT2D eigenvalue weighted by atomic mass is 9.44. The van der Waals surface area contributed by atoms with Gasteiger partial charge < -0.3 is 52.4 Å². The second-order valence-electron chi connectivity index (χ2n) is 25.3. The maximum Gasteiger partial charge on any atom is 0.407 e. The van der Waals surface area contributed by atoms with Crippen molar-refractivity contribution in [2.24, 2.45) is 16.7 Å². The molecule has 2 heterocycles. The van der Waals surface area contributed by atoms with Gasteiger partial charge in [0.15, 0.2) is 31.9 Å². The summed E-state index contributed by atoms with van der Waals surface area (Å²) < 4.78 is 59.4. The maximum atomic E-state index is 16.6. The zero-order chi connectivity index (χ0) is 56.8. The highest BCUT2D eigenvalue weighted by Crippen LogP contribution is 2.65. The van der Waals surface area contributed by atoms with E-state index >= 15 is 9.59 Å². The Kier molecular flexibility index (Phi) is 18.9. The predicted molar refractivity (Wildman–Crippen MR) is 286 cm³/mol. The number of esters is 4. The van der Waals surface area contributed by atoms with E-state index < -0.39 is 141 Å². The Bertz CT molecular complexity index is 2180. The van der Waals surface area contributed by atoms with Gasteiger partial charge in [0.05, 0.1) is 48.7 Å². The molecule has 5 rings (SSSR count). The highest BCUT2D eigenvalue weighted by atomic mass is 28.4. The van der Waals surface area contributed by atoms with Crippen molar-refractivity contribution in [3.63, 3.8) is 0 Å². The summed E-state index contributed by atoms with van der Waals surface area (Å²) in [5.74, 6) is -5.20. The predicted octanol–water partition coefficient (Wildman–Crippen LogP) is 9.52. The number of hydrogen-bond donors (Lipinski definition) is 2. The molecule has 19 heteroatoms. The standard InChI is InChI=1S/C56H93NO16Si2/c1-21-74(22-2,23-3)72-40-28-41-55(31-65-41,70-37(12)59)46-48-56(64)29-39(35(10)43(53(56,18)19)45(67-36(11)58)47(61)54(40,46)20)68-49(62)44(73-75(32(4)5,33(6)7)34(8)9)38(57-50(63)71-51(13,14)15)26-24-25-27-66-52(16,17)30-42(60)69-48/h24-25,32-34,38-41,44-46,48,64H,21-23,26-31H2,1-20H3,(H,57,63)/b25-24+/t38?,39-,40-,41+,44+,45+,46-,48-,54+,55-,56+/m0/s1. The van der Waals surface area contributed by atoms with Crippen LogP contribution in [0.4, 0.5) is 4.79 Å². The van der Waals surface area contributed by atoms with Crippen molar-refractivity contribution in [1.29, 1.82) is 0 Å². The third-order valence-corrected chi connectivity index (χ3v) is 28.5. The normalized spacial score (nSPS) is 33.9. The topological polar surface area (TPSA) is 218 Å². The van der Waals surface area contributed by atoms with Gasteiger partial charge in [-0.2, -0.15) is 0 Å². The van der Waals surface area contributed by atoms with Crippen molar-refractivity contribution < 1.29 is 75.9 Å². The van der Waals surface area contributed by atoms with Crippen LogP contribution < -0.4 is 5.32 Å². The molecule has 1 unspecified atom stereocenters. The van der Waals surface area contributed by atoms with Crippen LogP contribution in [0, 0.1) is 16.7 Å². The summed E-state index contributed by atoms with van der Waals surface area (Å²) in [5, 5.41) is 17.4. The van der Waals surface area contributed by atoms with Crippen LogP contribution in [0.15, 0.2) is 23.3 Å². The molecule has 0 radical (unpaired) electrons. The van der Waals surface area contributed by atoms with Crippen molar-refractivity contribution in [2.45, 2.75) is 264 Å². The molecule has 2 aliphatic heterocycles. The number of hydrogen-bond acceptors (Lipinski definition) is 16. The van der Waals surface area contributed by atoms with Gasteiger partial charge in [-0.15, -0.1) is 0 Å². The molecular formula is C56H93NO16Si2. The van der Waals surface area contributed by atoms with Crippen molar-refractivity contribution in [2.75, 3.05) is 13.2 Å². The average Bonchev–Trinajstić information content (AvgIpc) is 3.26. The van der Waals surface area contributed by atoms with E-state index in [9.17, 15) is 24.3 Å². The quantitative estimate of drug-likeness (QED) is 0.0759. The van der Waals surface area contributed by atoms with Crippen molar-refractivity contribution in [3.8, 4) is 0 Å². The lowest BCUT2D eigenvalue weighted by Gasteiger charge is -2.68. The number of carbonyl (C=O) groups excluding carboxylic acids is 6. The highest BCUT2D eigenvalue weighted by Gasteiger charge is 2.79. The molecule has 11 atom stereocenters. The van der Waals surface area contributed by atoms with E-state index in [1.807, 2.05) is 0 Å². The maximum absolute atomic E-state index is 16.6. The van der Waals surface area contributed by atoms with Gasteiger partial charge in [-0.05, 0) is 101 Å². The minimum atomic E-state index is -3.02.